The van der Waals surface area contributed by atoms with Gasteiger partial charge in [-0.15, -0.1) is 11.8 Å². The van der Waals surface area contributed by atoms with Crippen molar-refractivity contribution < 1.29 is 0 Å². The van der Waals surface area contributed by atoms with Gasteiger partial charge in [-0.25, -0.2) is 4.98 Å². The highest BCUT2D eigenvalue weighted by atomic mass is 15.0. The van der Waals surface area contributed by atoms with Crippen LogP contribution in [0.5, 0.6) is 0 Å². The lowest BCUT2D eigenvalue weighted by molar-refractivity contribution is 0.603. The van der Waals surface area contributed by atoms with E-state index in [0.29, 0.717) is 0 Å². The van der Waals surface area contributed by atoms with Crippen molar-refractivity contribution in [2.75, 3.05) is 13.1 Å². The van der Waals surface area contributed by atoms with Crippen LogP contribution >= 0.6 is 0 Å². The summed E-state index contributed by atoms with van der Waals surface area (Å²) in [6.07, 6.45) is 6.52. The molecule has 0 atom stereocenters. The second-order valence-electron chi connectivity index (χ2n) is 2.73. The van der Waals surface area contributed by atoms with Gasteiger partial charge in [-0.05, 0) is 6.92 Å². The molecule has 3 nitrogen and oxygen atoms in total. The van der Waals surface area contributed by atoms with E-state index in [1.807, 2.05) is 19.4 Å². The molecule has 1 heterocycles. The van der Waals surface area contributed by atoms with Crippen molar-refractivity contribution in [2.45, 2.75) is 19.9 Å². The van der Waals surface area contributed by atoms with E-state index < -0.39 is 0 Å². The highest BCUT2D eigenvalue weighted by Crippen LogP contribution is 1.83. The van der Waals surface area contributed by atoms with Crippen molar-refractivity contribution in [1.29, 1.82) is 0 Å². The van der Waals surface area contributed by atoms with Crippen LogP contribution in [0.15, 0.2) is 18.7 Å². The van der Waals surface area contributed by atoms with Crippen molar-refractivity contribution in [3.8, 4) is 11.8 Å². The van der Waals surface area contributed by atoms with Gasteiger partial charge in [0, 0.05) is 38.4 Å². The van der Waals surface area contributed by atoms with Gasteiger partial charge in [0.05, 0.1) is 6.33 Å². The van der Waals surface area contributed by atoms with Gasteiger partial charge in [-0.2, -0.15) is 0 Å². The molecule has 0 radical (unpaired) electrons. The number of imidazole rings is 1. The molecule has 0 aromatic carbocycles. The highest BCUT2D eigenvalue weighted by molar-refractivity contribution is 4.95. The summed E-state index contributed by atoms with van der Waals surface area (Å²) >= 11 is 0. The molecule has 70 valence electrons. The Balaban J connectivity index is 1.98. The smallest absolute Gasteiger partial charge is 0.0946 e. The molecule has 1 rings (SSSR count). The Morgan fingerprint density at radius 2 is 2.38 bits per heavy atom. The van der Waals surface area contributed by atoms with Crippen LogP contribution in [0.25, 0.3) is 0 Å². The molecule has 0 saturated heterocycles. The lowest BCUT2D eigenvalue weighted by atomic mass is 10.4. The van der Waals surface area contributed by atoms with Crippen molar-refractivity contribution >= 4 is 0 Å². The van der Waals surface area contributed by atoms with Crippen molar-refractivity contribution in [3.05, 3.63) is 18.7 Å². The Morgan fingerprint density at radius 3 is 3.08 bits per heavy atom. The number of hydrogen-bond donors (Lipinski definition) is 1. The van der Waals surface area contributed by atoms with E-state index in [1.165, 1.54) is 0 Å². The minimum absolute atomic E-state index is 0.931. The summed E-state index contributed by atoms with van der Waals surface area (Å²) in [4.78, 5) is 3.96. The maximum absolute atomic E-state index is 3.96. The average Bonchev–Trinajstić information content (AvgIpc) is 2.63. The summed E-state index contributed by atoms with van der Waals surface area (Å²) in [6, 6.07) is 0. The van der Waals surface area contributed by atoms with Gasteiger partial charge in [0.1, 0.15) is 0 Å². The first-order chi connectivity index (χ1) is 6.43. The standard InChI is InChI=1S/C10H15N3/c1-2-3-4-5-11-6-8-13-9-7-12-10-13/h7,9-11H,4-6,8H2,1H3. The summed E-state index contributed by atoms with van der Waals surface area (Å²) in [6.45, 7) is 4.78. The summed E-state index contributed by atoms with van der Waals surface area (Å²) in [7, 11) is 0. The molecule has 1 aromatic rings. The van der Waals surface area contributed by atoms with E-state index in [2.05, 4.69) is 26.7 Å². The Labute approximate surface area is 79.2 Å². The summed E-state index contributed by atoms with van der Waals surface area (Å²) in [5, 5.41) is 3.31. The number of hydrogen-bond acceptors (Lipinski definition) is 2. The molecule has 0 bridgehead atoms. The monoisotopic (exact) mass is 177 g/mol. The summed E-state index contributed by atoms with van der Waals surface area (Å²) in [5.74, 6) is 5.88. The molecule has 0 unspecified atom stereocenters. The molecule has 13 heavy (non-hydrogen) atoms. The van der Waals surface area contributed by atoms with Crippen molar-refractivity contribution in [2.24, 2.45) is 0 Å². The minimum atomic E-state index is 0.931. The van der Waals surface area contributed by atoms with Gasteiger partial charge in [0.15, 0.2) is 0 Å². The quantitative estimate of drug-likeness (QED) is 0.534. The Morgan fingerprint density at radius 1 is 1.46 bits per heavy atom. The van der Waals surface area contributed by atoms with E-state index in [-0.39, 0.29) is 0 Å². The van der Waals surface area contributed by atoms with Crippen LogP contribution in [0, 0.1) is 11.8 Å². The normalized spacial score (nSPS) is 9.31. The first-order valence-corrected chi connectivity index (χ1v) is 4.49. The van der Waals surface area contributed by atoms with E-state index in [9.17, 15) is 0 Å². The fourth-order valence-corrected chi connectivity index (χ4v) is 1.03. The van der Waals surface area contributed by atoms with E-state index in [0.717, 1.165) is 26.1 Å². The van der Waals surface area contributed by atoms with Gasteiger partial charge in [-0.3, -0.25) is 0 Å². The zero-order valence-corrected chi connectivity index (χ0v) is 7.95. The zero-order chi connectivity index (χ0) is 9.36. The number of rotatable bonds is 5. The van der Waals surface area contributed by atoms with Gasteiger partial charge in [0.2, 0.25) is 0 Å². The predicted molar refractivity (Wildman–Crippen MR) is 53.2 cm³/mol. The molecular formula is C10H15N3. The van der Waals surface area contributed by atoms with Crippen LogP contribution in [0.2, 0.25) is 0 Å². The lowest BCUT2D eigenvalue weighted by Gasteiger charge is -2.02. The molecule has 0 saturated carbocycles. The molecule has 1 aromatic heterocycles. The maximum atomic E-state index is 3.96. The van der Waals surface area contributed by atoms with Gasteiger partial charge in [-0.1, -0.05) is 0 Å². The van der Waals surface area contributed by atoms with Gasteiger partial charge < -0.3 is 9.88 Å². The topological polar surface area (TPSA) is 29.9 Å². The summed E-state index contributed by atoms with van der Waals surface area (Å²) < 4.78 is 2.05. The molecule has 0 aliphatic rings. The van der Waals surface area contributed by atoms with Crippen molar-refractivity contribution in [3.63, 3.8) is 0 Å². The van der Waals surface area contributed by atoms with E-state index in [4.69, 9.17) is 0 Å². The van der Waals surface area contributed by atoms with Gasteiger partial charge >= 0.3 is 0 Å². The van der Waals surface area contributed by atoms with Crippen LogP contribution in [-0.2, 0) is 6.54 Å². The zero-order valence-electron chi connectivity index (χ0n) is 7.95. The Hall–Kier alpha value is -1.27. The fraction of sp³-hybridized carbons (Fsp3) is 0.500. The molecule has 0 amide bonds. The minimum Gasteiger partial charge on any atom is -0.336 e. The predicted octanol–water partition coefficient (Wildman–Crippen LogP) is 0.886. The third kappa shape index (κ3) is 4.34. The van der Waals surface area contributed by atoms with Crippen LogP contribution < -0.4 is 5.32 Å². The van der Waals surface area contributed by atoms with Crippen LogP contribution in [0.3, 0.4) is 0 Å². The maximum Gasteiger partial charge on any atom is 0.0946 e. The van der Waals surface area contributed by atoms with Gasteiger partial charge in [0.25, 0.3) is 0 Å². The molecular weight excluding hydrogens is 162 g/mol. The molecule has 0 aliphatic carbocycles. The molecule has 0 spiro atoms. The third-order valence-electron chi connectivity index (χ3n) is 1.71. The number of nitrogens with one attached hydrogen (secondary N) is 1. The Kier molecular flexibility index (Phi) is 4.73. The first-order valence-electron chi connectivity index (χ1n) is 4.49. The average molecular weight is 177 g/mol. The highest BCUT2D eigenvalue weighted by Gasteiger charge is 1.88. The van der Waals surface area contributed by atoms with Crippen LogP contribution in [0.1, 0.15) is 13.3 Å². The lowest BCUT2D eigenvalue weighted by Crippen LogP contribution is -2.20. The third-order valence-corrected chi connectivity index (χ3v) is 1.71. The fourth-order valence-electron chi connectivity index (χ4n) is 1.03. The second-order valence-corrected chi connectivity index (χ2v) is 2.73. The molecule has 3 heteroatoms. The second kappa shape index (κ2) is 6.27. The number of aromatic nitrogens is 2. The largest absolute Gasteiger partial charge is 0.336 e. The Bertz CT molecular complexity index is 266. The van der Waals surface area contributed by atoms with E-state index in [1.54, 1.807) is 6.20 Å². The molecule has 0 fully saturated rings. The molecule has 0 aliphatic heterocycles. The van der Waals surface area contributed by atoms with Crippen LogP contribution in [-0.4, -0.2) is 22.6 Å². The van der Waals surface area contributed by atoms with Crippen molar-refractivity contribution in [1.82, 2.24) is 14.9 Å². The number of nitrogens with zero attached hydrogens (tertiary/aromatic N) is 2. The summed E-state index contributed by atoms with van der Waals surface area (Å²) in [5.41, 5.74) is 0. The SMILES string of the molecule is CC#CCCNCCn1ccnc1. The van der Waals surface area contributed by atoms with Crippen LogP contribution in [0.4, 0.5) is 0 Å². The molecule has 1 N–H and O–H groups in total. The first kappa shape index (κ1) is 9.82. The van der Waals surface area contributed by atoms with E-state index >= 15 is 0 Å².